The van der Waals surface area contributed by atoms with Gasteiger partial charge in [0, 0.05) is 28.2 Å². The van der Waals surface area contributed by atoms with E-state index in [-0.39, 0.29) is 11.3 Å². The van der Waals surface area contributed by atoms with Gasteiger partial charge in [0.15, 0.2) is 0 Å². The summed E-state index contributed by atoms with van der Waals surface area (Å²) < 4.78 is 1.61. The van der Waals surface area contributed by atoms with Crippen LogP contribution in [0.4, 0.5) is 5.69 Å². The first-order valence-corrected chi connectivity index (χ1v) is 10.6. The molecule has 6 nitrogen and oxygen atoms in total. The van der Waals surface area contributed by atoms with E-state index in [0.717, 1.165) is 10.6 Å². The van der Waals surface area contributed by atoms with Crippen molar-refractivity contribution in [3.8, 4) is 27.4 Å². The monoisotopic (exact) mass is 471 g/mol. The molecule has 0 bridgehead atoms. The van der Waals surface area contributed by atoms with Crippen molar-refractivity contribution >= 4 is 46.2 Å². The third-order valence-electron chi connectivity index (χ3n) is 4.50. The number of aromatic hydroxyl groups is 1. The van der Waals surface area contributed by atoms with Gasteiger partial charge in [0.05, 0.1) is 5.69 Å². The van der Waals surface area contributed by atoms with Gasteiger partial charge in [-0.15, -0.1) is 0 Å². The minimum absolute atomic E-state index is 0.240. The molecule has 0 atom stereocenters. The van der Waals surface area contributed by atoms with Gasteiger partial charge in [0.2, 0.25) is 4.80 Å². The van der Waals surface area contributed by atoms with Gasteiger partial charge >= 0.3 is 5.97 Å². The number of rotatable bonds is 4. The van der Waals surface area contributed by atoms with Gasteiger partial charge in [0.1, 0.15) is 16.3 Å². The largest absolute Gasteiger partial charge is 0.506 e. The van der Waals surface area contributed by atoms with Crippen molar-refractivity contribution in [3.63, 3.8) is 0 Å². The van der Waals surface area contributed by atoms with Crippen molar-refractivity contribution in [3.05, 3.63) is 81.1 Å². The van der Waals surface area contributed by atoms with Crippen molar-refractivity contribution in [2.45, 2.75) is 0 Å². The number of nitrogens with zero attached hydrogens (tertiary/aromatic N) is 3. The Morgan fingerprint density at radius 3 is 2.16 bits per heavy atom. The molecular formula is C22H15Cl2N3O3S. The maximum atomic E-state index is 11.7. The molecule has 0 saturated heterocycles. The number of carboxylic acids is 1. The maximum Gasteiger partial charge on any atom is 0.339 e. The zero-order valence-electron chi connectivity index (χ0n) is 16.1. The summed E-state index contributed by atoms with van der Waals surface area (Å²) in [5.74, 6) is -1.58. The Bertz CT molecular complexity index is 1340. The molecule has 3 aromatic carbocycles. The van der Waals surface area contributed by atoms with Crippen LogP contribution in [0.25, 0.3) is 21.7 Å². The second-order valence-electron chi connectivity index (χ2n) is 6.63. The van der Waals surface area contributed by atoms with Crippen molar-refractivity contribution in [2.75, 3.05) is 0 Å². The number of halogens is 2. The second kappa shape index (κ2) is 8.55. The molecule has 0 unspecified atom stereocenters. The molecule has 0 aliphatic rings. The number of hydrogen-bond donors (Lipinski definition) is 2. The van der Waals surface area contributed by atoms with Crippen LogP contribution in [-0.2, 0) is 7.05 Å². The average molecular weight is 472 g/mol. The normalized spacial score (nSPS) is 11.6. The predicted molar refractivity (Wildman–Crippen MR) is 122 cm³/mol. The first-order chi connectivity index (χ1) is 14.8. The zero-order valence-corrected chi connectivity index (χ0v) is 18.4. The summed E-state index contributed by atoms with van der Waals surface area (Å²) in [5.41, 5.74) is 2.00. The molecule has 0 amide bonds. The molecule has 1 aromatic heterocycles. The van der Waals surface area contributed by atoms with E-state index in [2.05, 4.69) is 10.1 Å². The van der Waals surface area contributed by atoms with E-state index in [0.29, 0.717) is 31.7 Å². The van der Waals surface area contributed by atoms with E-state index in [4.69, 9.17) is 23.2 Å². The fourth-order valence-corrected chi connectivity index (χ4v) is 4.13. The van der Waals surface area contributed by atoms with E-state index in [1.54, 1.807) is 54.2 Å². The molecule has 9 heteroatoms. The van der Waals surface area contributed by atoms with Crippen LogP contribution in [0.2, 0.25) is 10.0 Å². The number of benzene rings is 3. The number of aromatic nitrogens is 2. The van der Waals surface area contributed by atoms with Crippen LogP contribution in [0, 0.1) is 0 Å². The topological polar surface area (TPSA) is 87.7 Å². The van der Waals surface area contributed by atoms with Crippen LogP contribution in [0.3, 0.4) is 0 Å². The highest BCUT2D eigenvalue weighted by molar-refractivity contribution is 7.12. The van der Waals surface area contributed by atoms with Crippen molar-refractivity contribution in [1.82, 2.24) is 9.78 Å². The van der Waals surface area contributed by atoms with Crippen LogP contribution in [0.1, 0.15) is 10.4 Å². The predicted octanol–water partition coefficient (Wildman–Crippen LogP) is 5.76. The van der Waals surface area contributed by atoms with Crippen molar-refractivity contribution < 1.29 is 15.0 Å². The first kappa shape index (κ1) is 21.1. The van der Waals surface area contributed by atoms with Gasteiger partial charge in [-0.1, -0.05) is 58.8 Å². The quantitative estimate of drug-likeness (QED) is 0.396. The Labute approximate surface area is 191 Å². The highest BCUT2D eigenvalue weighted by Gasteiger charge is 2.17. The summed E-state index contributed by atoms with van der Waals surface area (Å²) in [6.07, 6.45) is 0. The highest BCUT2D eigenvalue weighted by atomic mass is 35.5. The maximum absolute atomic E-state index is 11.7. The van der Waals surface area contributed by atoms with Gasteiger partial charge in [-0.2, -0.15) is 5.10 Å². The molecule has 0 aliphatic carbocycles. The van der Waals surface area contributed by atoms with E-state index >= 15 is 0 Å². The number of phenols is 1. The van der Waals surface area contributed by atoms with Crippen LogP contribution in [0.5, 0.6) is 5.75 Å². The number of hydrogen-bond acceptors (Lipinski definition) is 5. The fraction of sp³-hybridized carbons (Fsp3) is 0.0455. The van der Waals surface area contributed by atoms with Gasteiger partial charge < -0.3 is 10.2 Å². The SMILES string of the molecule is Cn1nc(-c2ccc(Cl)cc2)sc1=Nc1cc(C(=O)O)c(O)c(-c2ccc(Cl)cc2)c1. The molecule has 0 aliphatic heterocycles. The van der Waals surface area contributed by atoms with Crippen molar-refractivity contribution in [1.29, 1.82) is 0 Å². The summed E-state index contributed by atoms with van der Waals surface area (Å²) in [6.45, 7) is 0. The summed E-state index contributed by atoms with van der Waals surface area (Å²) >= 11 is 13.3. The summed E-state index contributed by atoms with van der Waals surface area (Å²) in [4.78, 5) is 16.8. The lowest BCUT2D eigenvalue weighted by atomic mass is 10.0. The van der Waals surface area contributed by atoms with Crippen molar-refractivity contribution in [2.24, 2.45) is 12.0 Å². The highest BCUT2D eigenvalue weighted by Crippen LogP contribution is 2.37. The molecule has 2 N–H and O–H groups in total. The molecular weight excluding hydrogens is 457 g/mol. The Balaban J connectivity index is 1.85. The lowest BCUT2D eigenvalue weighted by Crippen LogP contribution is -2.11. The van der Waals surface area contributed by atoms with Crippen LogP contribution in [0.15, 0.2) is 65.7 Å². The van der Waals surface area contributed by atoms with E-state index in [9.17, 15) is 15.0 Å². The molecule has 156 valence electrons. The number of carbonyl (C=O) groups is 1. The van der Waals surface area contributed by atoms with Crippen LogP contribution >= 0.6 is 34.5 Å². The third kappa shape index (κ3) is 4.49. The summed E-state index contributed by atoms with van der Waals surface area (Å²) in [5, 5.41) is 26.5. The Hall–Kier alpha value is -3.13. The minimum Gasteiger partial charge on any atom is -0.506 e. The summed E-state index contributed by atoms with van der Waals surface area (Å²) in [7, 11) is 1.76. The van der Waals surface area contributed by atoms with Crippen LogP contribution < -0.4 is 4.80 Å². The minimum atomic E-state index is -1.25. The number of aromatic carboxylic acids is 1. The van der Waals surface area contributed by atoms with E-state index in [1.807, 2.05) is 12.1 Å². The molecule has 4 aromatic rings. The van der Waals surface area contributed by atoms with Gasteiger partial charge in [-0.3, -0.25) is 0 Å². The van der Waals surface area contributed by atoms with Crippen LogP contribution in [-0.4, -0.2) is 26.0 Å². The Morgan fingerprint density at radius 1 is 1.00 bits per heavy atom. The third-order valence-corrected chi connectivity index (χ3v) is 6.05. The molecule has 1 heterocycles. The Kier molecular flexibility index (Phi) is 5.82. The smallest absolute Gasteiger partial charge is 0.339 e. The number of carboxylic acid groups (broad SMARTS) is 1. The molecule has 0 radical (unpaired) electrons. The van der Waals surface area contributed by atoms with E-state index in [1.165, 1.54) is 17.4 Å². The zero-order chi connectivity index (χ0) is 22.1. The standard InChI is InChI=1S/C22H15Cl2N3O3S/c1-27-22(31-20(26-27)13-4-8-15(24)9-5-13)25-16-10-17(12-2-6-14(23)7-3-12)19(28)18(11-16)21(29)30/h2-11,28H,1H3,(H,29,30). The fourth-order valence-electron chi connectivity index (χ4n) is 2.96. The molecule has 4 rings (SSSR count). The van der Waals surface area contributed by atoms with Gasteiger partial charge in [0.25, 0.3) is 0 Å². The molecule has 0 saturated carbocycles. The molecule has 0 spiro atoms. The Morgan fingerprint density at radius 2 is 1.58 bits per heavy atom. The summed E-state index contributed by atoms with van der Waals surface area (Å²) in [6, 6.07) is 17.0. The lowest BCUT2D eigenvalue weighted by molar-refractivity contribution is 0.0694. The molecule has 31 heavy (non-hydrogen) atoms. The average Bonchev–Trinajstić information content (AvgIpc) is 3.10. The van der Waals surface area contributed by atoms with E-state index < -0.39 is 5.97 Å². The van der Waals surface area contributed by atoms with Gasteiger partial charge in [-0.05, 0) is 42.0 Å². The lowest BCUT2D eigenvalue weighted by Gasteiger charge is -2.09. The second-order valence-corrected chi connectivity index (χ2v) is 8.46. The first-order valence-electron chi connectivity index (χ1n) is 9.03. The van der Waals surface area contributed by atoms with Gasteiger partial charge in [-0.25, -0.2) is 14.5 Å². The number of aryl methyl sites for hydroxylation is 1. The molecule has 0 fully saturated rings.